The number of fused-ring (bicyclic) bond motifs is 8. The molecular formula is C38H21BrO2. The maximum absolute atomic E-state index is 6.45. The summed E-state index contributed by atoms with van der Waals surface area (Å²) >= 11 is 4.00. The van der Waals surface area contributed by atoms with Gasteiger partial charge in [-0.25, -0.2) is 0 Å². The van der Waals surface area contributed by atoms with Crippen LogP contribution in [0.5, 0.6) is 0 Å². The van der Waals surface area contributed by atoms with Crippen molar-refractivity contribution >= 4 is 81.4 Å². The number of furan rings is 2. The van der Waals surface area contributed by atoms with Crippen molar-refractivity contribution in [3.63, 3.8) is 0 Å². The summed E-state index contributed by atoms with van der Waals surface area (Å²) in [5, 5.41) is 9.21. The molecule has 0 radical (unpaired) electrons. The van der Waals surface area contributed by atoms with Gasteiger partial charge in [-0.2, -0.15) is 0 Å². The summed E-state index contributed by atoms with van der Waals surface area (Å²) in [5.41, 5.74) is 8.11. The van der Waals surface area contributed by atoms with Crippen molar-refractivity contribution in [2.45, 2.75) is 0 Å². The molecule has 2 heterocycles. The van der Waals surface area contributed by atoms with Crippen molar-refractivity contribution in [2.24, 2.45) is 0 Å². The molecule has 9 aromatic rings. The van der Waals surface area contributed by atoms with Gasteiger partial charge >= 0.3 is 0 Å². The minimum absolute atomic E-state index is 0.906. The van der Waals surface area contributed by atoms with E-state index in [9.17, 15) is 0 Å². The average Bonchev–Trinajstić information content (AvgIpc) is 3.60. The molecule has 192 valence electrons. The molecule has 0 bridgehead atoms. The van der Waals surface area contributed by atoms with Crippen molar-refractivity contribution in [2.75, 3.05) is 0 Å². The molecule has 0 aliphatic carbocycles. The molecule has 0 fully saturated rings. The molecule has 3 heteroatoms. The molecule has 0 aliphatic heterocycles. The monoisotopic (exact) mass is 588 g/mol. The highest BCUT2D eigenvalue weighted by molar-refractivity contribution is 9.10. The number of halogens is 1. The van der Waals surface area contributed by atoms with Gasteiger partial charge in [0.1, 0.15) is 22.3 Å². The van der Waals surface area contributed by atoms with Gasteiger partial charge in [-0.3, -0.25) is 0 Å². The van der Waals surface area contributed by atoms with Crippen LogP contribution < -0.4 is 0 Å². The summed E-state index contributed by atoms with van der Waals surface area (Å²) in [5.74, 6) is 0. The third-order valence-electron chi connectivity index (χ3n) is 8.36. The molecule has 0 unspecified atom stereocenters. The molecule has 0 aliphatic rings. The highest BCUT2D eigenvalue weighted by Crippen LogP contribution is 2.45. The number of para-hydroxylation sites is 4. The second-order valence-corrected chi connectivity index (χ2v) is 11.3. The van der Waals surface area contributed by atoms with Gasteiger partial charge in [-0.15, -0.1) is 0 Å². The first-order chi connectivity index (χ1) is 20.3. The Bertz CT molecular complexity index is 2320. The van der Waals surface area contributed by atoms with Crippen molar-refractivity contribution < 1.29 is 8.83 Å². The lowest BCUT2D eigenvalue weighted by atomic mass is 9.91. The first-order valence-electron chi connectivity index (χ1n) is 13.7. The molecule has 0 spiro atoms. The van der Waals surface area contributed by atoms with Crippen LogP contribution in [-0.4, -0.2) is 0 Å². The molecule has 0 N–H and O–H groups in total. The van der Waals surface area contributed by atoms with Crippen molar-refractivity contribution in [3.05, 3.63) is 132 Å². The van der Waals surface area contributed by atoms with Gasteiger partial charge in [-0.05, 0) is 66.8 Å². The van der Waals surface area contributed by atoms with E-state index < -0.39 is 0 Å². The summed E-state index contributed by atoms with van der Waals surface area (Å²) in [6, 6.07) is 44.8. The van der Waals surface area contributed by atoms with Crippen LogP contribution in [0.2, 0.25) is 0 Å². The Morgan fingerprint density at radius 3 is 1.22 bits per heavy atom. The first-order valence-corrected chi connectivity index (χ1v) is 14.5. The fraction of sp³-hybridized carbons (Fsp3) is 0. The average molecular weight is 589 g/mol. The van der Waals surface area contributed by atoms with E-state index in [-0.39, 0.29) is 0 Å². The van der Waals surface area contributed by atoms with Crippen LogP contribution in [0.3, 0.4) is 0 Å². The zero-order valence-corrected chi connectivity index (χ0v) is 23.4. The van der Waals surface area contributed by atoms with Gasteiger partial charge < -0.3 is 8.83 Å². The van der Waals surface area contributed by atoms with Gasteiger partial charge in [-0.1, -0.05) is 109 Å². The van der Waals surface area contributed by atoms with Crippen LogP contribution in [-0.2, 0) is 0 Å². The minimum Gasteiger partial charge on any atom is -0.455 e. The highest BCUT2D eigenvalue weighted by Gasteiger charge is 2.18. The van der Waals surface area contributed by atoms with Gasteiger partial charge in [0, 0.05) is 37.1 Å². The summed E-state index contributed by atoms with van der Waals surface area (Å²) in [6.45, 7) is 0. The topological polar surface area (TPSA) is 26.3 Å². The van der Waals surface area contributed by atoms with Crippen LogP contribution >= 0.6 is 15.9 Å². The Hall–Kier alpha value is -4.86. The van der Waals surface area contributed by atoms with Gasteiger partial charge in [0.05, 0.1) is 0 Å². The van der Waals surface area contributed by atoms with E-state index in [1.165, 1.54) is 21.5 Å². The smallest absolute Gasteiger partial charge is 0.143 e. The van der Waals surface area contributed by atoms with E-state index in [1.807, 2.05) is 24.3 Å². The Balaban J connectivity index is 1.37. The quantitative estimate of drug-likeness (QED) is 0.188. The van der Waals surface area contributed by atoms with Crippen molar-refractivity contribution in [1.29, 1.82) is 0 Å². The second kappa shape index (κ2) is 8.57. The van der Waals surface area contributed by atoms with Crippen molar-refractivity contribution in [3.8, 4) is 22.3 Å². The van der Waals surface area contributed by atoms with E-state index in [0.29, 0.717) is 0 Å². The third kappa shape index (κ3) is 3.24. The Morgan fingerprint density at radius 1 is 0.341 bits per heavy atom. The Morgan fingerprint density at radius 2 is 0.732 bits per heavy atom. The Kier molecular flexibility index (Phi) is 4.79. The lowest BCUT2D eigenvalue weighted by molar-refractivity contribution is 0.669. The standard InChI is InChI=1S/C38H21BrO2/c39-36-26-13-5-11-22(28-15-7-17-30-24-9-1-3-19-34(24)40-37(28)30)32(26)21-33-23(12-6-14-27(33)36)29-16-8-18-31-25-10-2-4-20-35(25)41-38(29)31/h1-21H. The summed E-state index contributed by atoms with van der Waals surface area (Å²) < 4.78 is 14.0. The maximum atomic E-state index is 6.45. The summed E-state index contributed by atoms with van der Waals surface area (Å²) in [4.78, 5) is 0. The number of hydrogen-bond donors (Lipinski definition) is 0. The van der Waals surface area contributed by atoms with Crippen LogP contribution in [0.25, 0.3) is 87.7 Å². The molecule has 0 saturated heterocycles. The van der Waals surface area contributed by atoms with Gasteiger partial charge in [0.2, 0.25) is 0 Å². The SMILES string of the molecule is Brc1c2cccc(-c3cccc4c3oc3ccccc34)c2cc2c(-c3cccc4c3oc3ccccc34)cccc12. The zero-order chi connectivity index (χ0) is 27.1. The number of benzene rings is 7. The molecule has 0 amide bonds. The maximum Gasteiger partial charge on any atom is 0.143 e. The van der Waals surface area contributed by atoms with Gasteiger partial charge in [0.15, 0.2) is 0 Å². The minimum atomic E-state index is 0.906. The fourth-order valence-corrected chi connectivity index (χ4v) is 7.19. The Labute approximate surface area is 243 Å². The first kappa shape index (κ1) is 22.9. The normalized spacial score (nSPS) is 12.0. The lowest BCUT2D eigenvalue weighted by Crippen LogP contribution is -1.88. The molecule has 9 rings (SSSR count). The number of rotatable bonds is 2. The summed E-state index contributed by atoms with van der Waals surface area (Å²) in [7, 11) is 0. The van der Waals surface area contributed by atoms with E-state index in [1.54, 1.807) is 0 Å². The van der Waals surface area contributed by atoms with Crippen LogP contribution in [0.15, 0.2) is 141 Å². The molecule has 7 aromatic carbocycles. The van der Waals surface area contributed by atoms with E-state index in [4.69, 9.17) is 8.83 Å². The molecule has 0 atom stereocenters. The third-order valence-corrected chi connectivity index (χ3v) is 9.22. The van der Waals surface area contributed by atoms with E-state index in [2.05, 4.69) is 119 Å². The molecular weight excluding hydrogens is 568 g/mol. The molecule has 2 aromatic heterocycles. The zero-order valence-electron chi connectivity index (χ0n) is 21.8. The molecule has 2 nitrogen and oxygen atoms in total. The fourth-order valence-electron chi connectivity index (χ4n) is 6.50. The van der Waals surface area contributed by atoms with Crippen LogP contribution in [0, 0.1) is 0 Å². The predicted molar refractivity (Wildman–Crippen MR) is 175 cm³/mol. The van der Waals surface area contributed by atoms with E-state index >= 15 is 0 Å². The molecule has 41 heavy (non-hydrogen) atoms. The van der Waals surface area contributed by atoms with Crippen LogP contribution in [0.1, 0.15) is 0 Å². The second-order valence-electron chi connectivity index (χ2n) is 10.6. The predicted octanol–water partition coefficient (Wildman–Crippen LogP) is 11.9. The lowest BCUT2D eigenvalue weighted by Gasteiger charge is -2.14. The number of hydrogen-bond acceptors (Lipinski definition) is 2. The summed E-state index contributed by atoms with van der Waals surface area (Å²) in [6.07, 6.45) is 0. The van der Waals surface area contributed by atoms with Crippen LogP contribution in [0.4, 0.5) is 0 Å². The highest BCUT2D eigenvalue weighted by atomic mass is 79.9. The molecule has 0 saturated carbocycles. The van der Waals surface area contributed by atoms with Crippen molar-refractivity contribution in [1.82, 2.24) is 0 Å². The van der Waals surface area contributed by atoms with E-state index in [0.717, 1.165) is 70.6 Å². The van der Waals surface area contributed by atoms with Gasteiger partial charge in [0.25, 0.3) is 0 Å². The largest absolute Gasteiger partial charge is 0.455 e.